The third-order valence-electron chi connectivity index (χ3n) is 3.94. The molecule has 0 saturated carbocycles. The number of rotatable bonds is 11. The molecule has 136 valence electrons. The summed E-state index contributed by atoms with van der Waals surface area (Å²) in [6.45, 7) is 10.3. The van der Waals surface area contributed by atoms with Crippen LogP contribution in [0.25, 0.3) is 0 Å². The first-order valence-corrected chi connectivity index (χ1v) is 9.04. The molecule has 0 amide bonds. The zero-order valence-electron chi connectivity index (χ0n) is 15.0. The molecule has 1 aliphatic heterocycles. The SMILES string of the molecule is CCCC(CCO)CN=C(NCC)NC(C)COC1CCOC1. The number of guanidine groups is 1. The number of ether oxygens (including phenoxy) is 2. The highest BCUT2D eigenvalue weighted by molar-refractivity contribution is 5.80. The fourth-order valence-corrected chi connectivity index (χ4v) is 2.66. The number of hydrogen-bond acceptors (Lipinski definition) is 4. The van der Waals surface area contributed by atoms with Crippen molar-refractivity contribution in [3.8, 4) is 0 Å². The molecule has 0 aromatic heterocycles. The second-order valence-corrected chi connectivity index (χ2v) is 6.25. The molecule has 3 unspecified atom stereocenters. The van der Waals surface area contributed by atoms with Crippen LogP contribution < -0.4 is 10.6 Å². The van der Waals surface area contributed by atoms with Gasteiger partial charge in [0, 0.05) is 32.3 Å². The Hall–Kier alpha value is -0.850. The van der Waals surface area contributed by atoms with Crippen LogP contribution in [0.1, 0.15) is 46.5 Å². The van der Waals surface area contributed by atoms with E-state index >= 15 is 0 Å². The second-order valence-electron chi connectivity index (χ2n) is 6.25. The highest BCUT2D eigenvalue weighted by Crippen LogP contribution is 2.11. The van der Waals surface area contributed by atoms with Gasteiger partial charge in [0.2, 0.25) is 0 Å². The summed E-state index contributed by atoms with van der Waals surface area (Å²) in [5.41, 5.74) is 0. The predicted molar refractivity (Wildman–Crippen MR) is 93.9 cm³/mol. The lowest BCUT2D eigenvalue weighted by molar-refractivity contribution is 0.0347. The van der Waals surface area contributed by atoms with E-state index in [0.29, 0.717) is 19.1 Å². The van der Waals surface area contributed by atoms with Crippen LogP contribution in [0.5, 0.6) is 0 Å². The molecule has 0 aromatic carbocycles. The molecule has 23 heavy (non-hydrogen) atoms. The van der Waals surface area contributed by atoms with Crippen LogP contribution in [-0.4, -0.2) is 62.7 Å². The van der Waals surface area contributed by atoms with E-state index in [1.165, 1.54) is 0 Å². The number of aliphatic imine (C=N–C) groups is 1. The Morgan fingerprint density at radius 2 is 2.22 bits per heavy atom. The fourth-order valence-electron chi connectivity index (χ4n) is 2.66. The van der Waals surface area contributed by atoms with E-state index in [1.54, 1.807) is 0 Å². The lowest BCUT2D eigenvalue weighted by Gasteiger charge is -2.20. The van der Waals surface area contributed by atoms with Gasteiger partial charge >= 0.3 is 0 Å². The maximum atomic E-state index is 9.14. The fraction of sp³-hybridized carbons (Fsp3) is 0.941. The normalized spacial score (nSPS) is 21.2. The van der Waals surface area contributed by atoms with Crippen molar-refractivity contribution in [2.75, 3.05) is 39.5 Å². The molecule has 0 aromatic rings. The predicted octanol–water partition coefficient (Wildman–Crippen LogP) is 1.53. The van der Waals surface area contributed by atoms with Gasteiger partial charge in [0.25, 0.3) is 0 Å². The van der Waals surface area contributed by atoms with E-state index in [0.717, 1.165) is 51.3 Å². The maximum Gasteiger partial charge on any atom is 0.191 e. The van der Waals surface area contributed by atoms with E-state index in [-0.39, 0.29) is 18.8 Å². The summed E-state index contributed by atoms with van der Waals surface area (Å²) < 4.78 is 11.2. The molecular formula is C17H35N3O3. The summed E-state index contributed by atoms with van der Waals surface area (Å²) >= 11 is 0. The van der Waals surface area contributed by atoms with Crippen LogP contribution in [0.2, 0.25) is 0 Å². The van der Waals surface area contributed by atoms with Gasteiger partial charge in [-0.25, -0.2) is 0 Å². The minimum Gasteiger partial charge on any atom is -0.396 e. The number of nitrogens with zero attached hydrogens (tertiary/aromatic N) is 1. The molecule has 1 aliphatic rings. The van der Waals surface area contributed by atoms with Gasteiger partial charge in [-0.3, -0.25) is 4.99 Å². The minimum absolute atomic E-state index is 0.191. The summed E-state index contributed by atoms with van der Waals surface area (Å²) in [7, 11) is 0. The number of aliphatic hydroxyl groups is 1. The number of hydrogen-bond donors (Lipinski definition) is 3. The van der Waals surface area contributed by atoms with Crippen molar-refractivity contribution >= 4 is 5.96 Å². The van der Waals surface area contributed by atoms with E-state index in [4.69, 9.17) is 14.6 Å². The van der Waals surface area contributed by atoms with Crippen molar-refractivity contribution in [3.63, 3.8) is 0 Å². The molecule has 0 spiro atoms. The first-order chi connectivity index (χ1) is 11.2. The summed E-state index contributed by atoms with van der Waals surface area (Å²) in [4.78, 5) is 4.67. The van der Waals surface area contributed by atoms with E-state index < -0.39 is 0 Å². The Kier molecular flexibility index (Phi) is 11.0. The largest absolute Gasteiger partial charge is 0.396 e. The summed E-state index contributed by atoms with van der Waals surface area (Å²) in [6.07, 6.45) is 4.26. The molecule has 0 aliphatic carbocycles. The molecule has 6 heteroatoms. The molecule has 1 fully saturated rings. The zero-order chi connectivity index (χ0) is 16.9. The van der Waals surface area contributed by atoms with Gasteiger partial charge in [0.1, 0.15) is 0 Å². The van der Waals surface area contributed by atoms with Crippen molar-refractivity contribution in [1.29, 1.82) is 0 Å². The van der Waals surface area contributed by atoms with E-state index in [1.807, 2.05) is 0 Å². The van der Waals surface area contributed by atoms with E-state index in [9.17, 15) is 0 Å². The van der Waals surface area contributed by atoms with Crippen molar-refractivity contribution in [2.24, 2.45) is 10.9 Å². The Morgan fingerprint density at radius 1 is 1.39 bits per heavy atom. The number of aliphatic hydroxyl groups excluding tert-OH is 1. The second kappa shape index (κ2) is 12.6. The standard InChI is InChI=1S/C17H35N3O3/c1-4-6-15(7-9-21)11-19-17(18-5-2)20-14(3)12-23-16-8-10-22-13-16/h14-16,21H,4-13H2,1-3H3,(H2,18,19,20). The van der Waals surface area contributed by atoms with Crippen molar-refractivity contribution in [1.82, 2.24) is 10.6 Å². The Balaban J connectivity index is 2.39. The van der Waals surface area contributed by atoms with Gasteiger partial charge in [0.05, 0.1) is 19.3 Å². The van der Waals surface area contributed by atoms with Crippen LogP contribution in [0.4, 0.5) is 0 Å². The molecule has 6 nitrogen and oxygen atoms in total. The lowest BCUT2D eigenvalue weighted by Crippen LogP contribution is -2.44. The summed E-state index contributed by atoms with van der Waals surface area (Å²) in [6, 6.07) is 0.191. The van der Waals surface area contributed by atoms with Gasteiger partial charge in [0.15, 0.2) is 5.96 Å². The third-order valence-corrected chi connectivity index (χ3v) is 3.94. The Labute approximate surface area is 141 Å². The molecule has 1 rings (SSSR count). The Morgan fingerprint density at radius 3 is 2.83 bits per heavy atom. The van der Waals surface area contributed by atoms with Gasteiger partial charge in [-0.15, -0.1) is 0 Å². The minimum atomic E-state index is 0.191. The van der Waals surface area contributed by atoms with Crippen LogP contribution in [0.3, 0.4) is 0 Å². The molecule has 1 heterocycles. The molecular weight excluding hydrogens is 294 g/mol. The average molecular weight is 329 g/mol. The lowest BCUT2D eigenvalue weighted by atomic mass is 10.0. The Bertz CT molecular complexity index is 314. The first kappa shape index (κ1) is 20.2. The molecule has 3 atom stereocenters. The molecule has 1 saturated heterocycles. The van der Waals surface area contributed by atoms with E-state index in [2.05, 4.69) is 36.4 Å². The van der Waals surface area contributed by atoms with Gasteiger partial charge in [-0.1, -0.05) is 13.3 Å². The number of nitrogens with one attached hydrogen (secondary N) is 2. The van der Waals surface area contributed by atoms with Crippen LogP contribution in [0.15, 0.2) is 4.99 Å². The third kappa shape index (κ3) is 9.13. The quantitative estimate of drug-likeness (QED) is 0.396. The van der Waals surface area contributed by atoms with Crippen LogP contribution in [-0.2, 0) is 9.47 Å². The van der Waals surface area contributed by atoms with Gasteiger partial charge in [-0.2, -0.15) is 0 Å². The smallest absolute Gasteiger partial charge is 0.191 e. The zero-order valence-corrected chi connectivity index (χ0v) is 15.0. The van der Waals surface area contributed by atoms with Crippen LogP contribution in [0, 0.1) is 5.92 Å². The highest BCUT2D eigenvalue weighted by atomic mass is 16.5. The van der Waals surface area contributed by atoms with Gasteiger partial charge < -0.3 is 25.2 Å². The molecule has 3 N–H and O–H groups in total. The average Bonchev–Trinajstić information content (AvgIpc) is 3.04. The maximum absolute atomic E-state index is 9.14. The van der Waals surface area contributed by atoms with Gasteiger partial charge in [-0.05, 0) is 39.0 Å². The molecule has 0 bridgehead atoms. The van der Waals surface area contributed by atoms with Crippen LogP contribution >= 0.6 is 0 Å². The molecule has 0 radical (unpaired) electrons. The highest BCUT2D eigenvalue weighted by Gasteiger charge is 2.17. The van der Waals surface area contributed by atoms with Crippen molar-refractivity contribution in [2.45, 2.75) is 58.6 Å². The topological polar surface area (TPSA) is 75.1 Å². The van der Waals surface area contributed by atoms with Crippen molar-refractivity contribution in [3.05, 3.63) is 0 Å². The summed E-state index contributed by atoms with van der Waals surface area (Å²) in [5.74, 6) is 1.27. The van der Waals surface area contributed by atoms with Crippen molar-refractivity contribution < 1.29 is 14.6 Å². The summed E-state index contributed by atoms with van der Waals surface area (Å²) in [5, 5.41) is 15.8. The monoisotopic (exact) mass is 329 g/mol. The first-order valence-electron chi connectivity index (χ1n) is 9.04.